The van der Waals surface area contributed by atoms with Crippen LogP contribution in [0.25, 0.3) is 10.2 Å². The van der Waals surface area contributed by atoms with Crippen LogP contribution in [0, 0.1) is 0 Å². The number of nitrogens with two attached hydrogens (primary N) is 1. The lowest BCUT2D eigenvalue weighted by Gasteiger charge is -2.01. The van der Waals surface area contributed by atoms with Crippen molar-refractivity contribution in [3.05, 3.63) is 18.2 Å². The van der Waals surface area contributed by atoms with Gasteiger partial charge in [0.1, 0.15) is 0 Å². The maximum Gasteiger partial charge on any atom is 0.221 e. The molecule has 1 heterocycles. The maximum absolute atomic E-state index is 12.2. The maximum atomic E-state index is 12.2. The lowest BCUT2D eigenvalue weighted by molar-refractivity contribution is -0.120. The van der Waals surface area contributed by atoms with Crippen LogP contribution in [0.4, 0.5) is 5.69 Å². The van der Waals surface area contributed by atoms with E-state index in [2.05, 4.69) is 10.3 Å². The molecule has 2 aromatic rings. The summed E-state index contributed by atoms with van der Waals surface area (Å²) >= 11 is 1.37. The fourth-order valence-electron chi connectivity index (χ4n) is 1.82. The quantitative estimate of drug-likeness (QED) is 0.823. The van der Waals surface area contributed by atoms with Gasteiger partial charge < -0.3 is 11.1 Å². The summed E-state index contributed by atoms with van der Waals surface area (Å²) in [5.74, 6) is 0.291. The molecule has 3 N–H and O–H groups in total. The minimum Gasteiger partial charge on any atom is -0.399 e. The second-order valence-corrected chi connectivity index (χ2v) is 7.62. The number of anilines is 1. The first-order valence-corrected chi connectivity index (χ1v) is 8.59. The smallest absolute Gasteiger partial charge is 0.221 e. The van der Waals surface area contributed by atoms with Gasteiger partial charge in [0.2, 0.25) is 5.91 Å². The Morgan fingerprint density at radius 2 is 2.30 bits per heavy atom. The van der Waals surface area contributed by atoms with Gasteiger partial charge in [0.15, 0.2) is 4.34 Å². The Kier molecular flexibility index (Phi) is 3.71. The highest BCUT2D eigenvalue weighted by molar-refractivity contribution is 7.87. The molecule has 1 atom stereocenters. The van der Waals surface area contributed by atoms with Crippen LogP contribution in [0.1, 0.15) is 19.3 Å². The SMILES string of the molecule is Nc1ccc2nc(S(=O)CCC(=O)NC3CC3)sc2c1. The molecule has 0 radical (unpaired) electrons. The topological polar surface area (TPSA) is 85.1 Å². The van der Waals surface area contributed by atoms with Crippen molar-refractivity contribution in [1.82, 2.24) is 10.3 Å². The minimum absolute atomic E-state index is 0.0220. The summed E-state index contributed by atoms with van der Waals surface area (Å²) in [4.78, 5) is 15.9. The van der Waals surface area contributed by atoms with E-state index in [0.717, 1.165) is 23.1 Å². The van der Waals surface area contributed by atoms with Crippen molar-refractivity contribution in [2.45, 2.75) is 29.6 Å². The monoisotopic (exact) mass is 309 g/mol. The van der Waals surface area contributed by atoms with Crippen molar-refractivity contribution < 1.29 is 9.00 Å². The molecule has 0 bridgehead atoms. The van der Waals surface area contributed by atoms with Crippen LogP contribution in [-0.4, -0.2) is 26.9 Å². The number of nitrogens with zero attached hydrogens (tertiary/aromatic N) is 1. The number of amides is 1. The highest BCUT2D eigenvalue weighted by Gasteiger charge is 2.23. The Morgan fingerprint density at radius 3 is 3.05 bits per heavy atom. The van der Waals surface area contributed by atoms with Gasteiger partial charge in [-0.25, -0.2) is 4.98 Å². The third-order valence-electron chi connectivity index (χ3n) is 3.04. The molecular formula is C13H15N3O2S2. The van der Waals surface area contributed by atoms with Crippen LogP contribution >= 0.6 is 11.3 Å². The molecular weight excluding hydrogens is 294 g/mol. The van der Waals surface area contributed by atoms with Gasteiger partial charge >= 0.3 is 0 Å². The van der Waals surface area contributed by atoms with Gasteiger partial charge in [-0.3, -0.25) is 9.00 Å². The first-order chi connectivity index (χ1) is 9.61. The van der Waals surface area contributed by atoms with Crippen molar-refractivity contribution in [1.29, 1.82) is 0 Å². The summed E-state index contributed by atoms with van der Waals surface area (Å²) in [6, 6.07) is 5.77. The molecule has 1 amide bonds. The molecule has 20 heavy (non-hydrogen) atoms. The van der Waals surface area contributed by atoms with Crippen molar-refractivity contribution in [2.75, 3.05) is 11.5 Å². The number of rotatable bonds is 5. The van der Waals surface area contributed by atoms with Crippen molar-refractivity contribution in [2.24, 2.45) is 0 Å². The minimum atomic E-state index is -1.23. The van der Waals surface area contributed by atoms with Gasteiger partial charge in [-0.15, -0.1) is 11.3 Å². The van der Waals surface area contributed by atoms with Crippen molar-refractivity contribution >= 4 is 43.9 Å². The van der Waals surface area contributed by atoms with E-state index in [1.54, 1.807) is 6.07 Å². The molecule has 1 aromatic carbocycles. The fraction of sp³-hybridized carbons (Fsp3) is 0.385. The Labute approximate surface area is 123 Å². The second kappa shape index (κ2) is 5.49. The zero-order valence-electron chi connectivity index (χ0n) is 10.8. The number of nitrogen functional groups attached to an aromatic ring is 1. The number of aromatic nitrogens is 1. The largest absolute Gasteiger partial charge is 0.399 e. The molecule has 5 nitrogen and oxygen atoms in total. The van der Waals surface area contributed by atoms with Gasteiger partial charge in [0.05, 0.1) is 21.0 Å². The normalized spacial score (nSPS) is 16.2. The number of nitrogens with one attached hydrogen (secondary N) is 1. The molecule has 1 aliphatic carbocycles. The Balaban J connectivity index is 1.64. The number of hydrogen-bond donors (Lipinski definition) is 2. The summed E-state index contributed by atoms with van der Waals surface area (Å²) < 4.78 is 13.6. The Hall–Kier alpha value is -1.47. The van der Waals surface area contributed by atoms with E-state index in [1.165, 1.54) is 11.3 Å². The molecule has 3 rings (SSSR count). The number of thiazole rings is 1. The molecule has 0 saturated heterocycles. The van der Waals surface area contributed by atoms with E-state index in [1.807, 2.05) is 12.1 Å². The third kappa shape index (κ3) is 3.16. The number of hydrogen-bond acceptors (Lipinski definition) is 5. The molecule has 1 aromatic heterocycles. The van der Waals surface area contributed by atoms with E-state index in [9.17, 15) is 9.00 Å². The molecule has 1 unspecified atom stereocenters. The Morgan fingerprint density at radius 1 is 1.50 bits per heavy atom. The molecule has 1 aliphatic rings. The fourth-order valence-corrected chi connectivity index (χ4v) is 4.20. The summed E-state index contributed by atoms with van der Waals surface area (Å²) in [5, 5.41) is 2.89. The number of fused-ring (bicyclic) bond motifs is 1. The lowest BCUT2D eigenvalue weighted by Crippen LogP contribution is -2.26. The zero-order chi connectivity index (χ0) is 14.1. The standard InChI is InChI=1S/C13H15N3O2S2/c14-8-1-4-10-11(7-8)19-13(16-10)20(18)6-5-12(17)15-9-2-3-9/h1,4,7,9H,2-3,5-6,14H2,(H,15,17). The summed E-state index contributed by atoms with van der Waals surface area (Å²) in [7, 11) is -1.23. The van der Waals surface area contributed by atoms with Crippen LogP contribution in [0.15, 0.2) is 22.5 Å². The summed E-state index contributed by atoms with van der Waals surface area (Å²) in [6.07, 6.45) is 2.41. The van der Waals surface area contributed by atoms with E-state index < -0.39 is 10.8 Å². The van der Waals surface area contributed by atoms with Crippen LogP contribution < -0.4 is 11.1 Å². The highest BCUT2D eigenvalue weighted by Crippen LogP contribution is 2.26. The first-order valence-electron chi connectivity index (χ1n) is 6.45. The van der Waals surface area contributed by atoms with Gasteiger partial charge in [0.25, 0.3) is 0 Å². The van der Waals surface area contributed by atoms with Gasteiger partial charge in [-0.2, -0.15) is 0 Å². The summed E-state index contributed by atoms with van der Waals surface area (Å²) in [5.41, 5.74) is 7.18. The predicted octanol–water partition coefficient (Wildman–Crippen LogP) is 1.65. The van der Waals surface area contributed by atoms with E-state index in [4.69, 9.17) is 5.73 Å². The van der Waals surface area contributed by atoms with E-state index in [-0.39, 0.29) is 12.3 Å². The van der Waals surface area contributed by atoms with Gasteiger partial charge in [-0.1, -0.05) is 0 Å². The van der Waals surface area contributed by atoms with Crippen LogP contribution in [0.5, 0.6) is 0 Å². The van der Waals surface area contributed by atoms with Gasteiger partial charge in [-0.05, 0) is 31.0 Å². The summed E-state index contributed by atoms with van der Waals surface area (Å²) in [6.45, 7) is 0. The molecule has 0 spiro atoms. The number of carbonyl (C=O) groups excluding carboxylic acids is 1. The molecule has 7 heteroatoms. The van der Waals surface area contributed by atoms with E-state index in [0.29, 0.717) is 21.8 Å². The predicted molar refractivity (Wildman–Crippen MR) is 81.1 cm³/mol. The average Bonchev–Trinajstić information content (AvgIpc) is 3.12. The zero-order valence-corrected chi connectivity index (χ0v) is 12.4. The molecule has 1 fully saturated rings. The number of carbonyl (C=O) groups is 1. The third-order valence-corrected chi connectivity index (χ3v) is 5.72. The van der Waals surface area contributed by atoms with Crippen LogP contribution in [0.2, 0.25) is 0 Å². The second-order valence-electron chi connectivity index (χ2n) is 4.85. The van der Waals surface area contributed by atoms with Crippen molar-refractivity contribution in [3.63, 3.8) is 0 Å². The lowest BCUT2D eigenvalue weighted by atomic mass is 10.3. The highest BCUT2D eigenvalue weighted by atomic mass is 32.2. The van der Waals surface area contributed by atoms with Crippen LogP contribution in [0.3, 0.4) is 0 Å². The van der Waals surface area contributed by atoms with E-state index >= 15 is 0 Å². The first kappa shape index (κ1) is 13.5. The average molecular weight is 309 g/mol. The van der Waals surface area contributed by atoms with Crippen molar-refractivity contribution in [3.8, 4) is 0 Å². The Bertz CT molecular complexity index is 679. The number of benzene rings is 1. The van der Waals surface area contributed by atoms with Gasteiger partial charge in [0, 0.05) is 23.9 Å². The molecule has 106 valence electrons. The molecule has 0 aliphatic heterocycles. The van der Waals surface area contributed by atoms with Crippen LogP contribution in [-0.2, 0) is 15.6 Å². The molecule has 1 saturated carbocycles.